The minimum absolute atomic E-state index is 0.162. The van der Waals surface area contributed by atoms with E-state index >= 15 is 0 Å². The number of hydrogen-bond acceptors (Lipinski definition) is 4. The van der Waals surface area contributed by atoms with E-state index in [1.165, 1.54) is 11.1 Å². The highest BCUT2D eigenvalue weighted by Crippen LogP contribution is 2.32. The van der Waals surface area contributed by atoms with Crippen LogP contribution in [0.25, 0.3) is 0 Å². The summed E-state index contributed by atoms with van der Waals surface area (Å²) >= 11 is 0. The summed E-state index contributed by atoms with van der Waals surface area (Å²) in [6.45, 7) is 1.45. The molecule has 0 saturated carbocycles. The number of rotatable bonds is 3. The van der Waals surface area contributed by atoms with Crippen molar-refractivity contribution in [3.05, 3.63) is 63.7 Å². The zero-order valence-corrected chi connectivity index (χ0v) is 11.8. The molecule has 0 fully saturated rings. The summed E-state index contributed by atoms with van der Waals surface area (Å²) in [6.07, 6.45) is 0.860. The molecule has 108 valence electrons. The number of ether oxygens (including phenoxy) is 1. The Morgan fingerprint density at radius 1 is 1.19 bits per heavy atom. The van der Waals surface area contributed by atoms with Crippen LogP contribution in [0.1, 0.15) is 11.1 Å². The van der Waals surface area contributed by atoms with Gasteiger partial charge in [0.1, 0.15) is 11.4 Å². The number of fused-ring (bicyclic) bond motifs is 1. The van der Waals surface area contributed by atoms with E-state index in [1.807, 2.05) is 30.3 Å². The second-order valence-electron chi connectivity index (χ2n) is 5.05. The molecule has 0 spiro atoms. The van der Waals surface area contributed by atoms with Crippen molar-refractivity contribution in [2.75, 3.05) is 18.6 Å². The predicted octanol–water partition coefficient (Wildman–Crippen LogP) is 3.17. The molecule has 0 radical (unpaired) electrons. The summed E-state index contributed by atoms with van der Waals surface area (Å²) in [4.78, 5) is 12.9. The molecule has 2 aromatic carbocycles. The number of nitro groups is 1. The van der Waals surface area contributed by atoms with Gasteiger partial charge in [-0.3, -0.25) is 10.1 Å². The molecule has 0 N–H and O–H groups in total. The molecule has 1 aliphatic rings. The molecule has 0 amide bonds. The van der Waals surface area contributed by atoms with Gasteiger partial charge in [0.15, 0.2) is 0 Å². The highest BCUT2D eigenvalue weighted by molar-refractivity contribution is 5.64. The first-order valence-corrected chi connectivity index (χ1v) is 6.83. The van der Waals surface area contributed by atoms with Crippen molar-refractivity contribution in [3.8, 4) is 5.75 Å². The van der Waals surface area contributed by atoms with E-state index in [-0.39, 0.29) is 10.6 Å². The fourth-order valence-corrected chi connectivity index (χ4v) is 2.75. The molecule has 5 nitrogen and oxygen atoms in total. The molecular formula is C16H16N2O3. The molecule has 21 heavy (non-hydrogen) atoms. The third kappa shape index (κ3) is 2.54. The lowest BCUT2D eigenvalue weighted by Crippen LogP contribution is -2.30. The quantitative estimate of drug-likeness (QED) is 0.641. The smallest absolute Gasteiger partial charge is 0.292 e. The number of para-hydroxylation sites is 2. The lowest BCUT2D eigenvalue weighted by atomic mass is 9.99. The summed E-state index contributed by atoms with van der Waals surface area (Å²) in [5, 5.41) is 11.2. The first-order valence-electron chi connectivity index (χ1n) is 6.83. The van der Waals surface area contributed by atoms with E-state index in [0.717, 1.165) is 18.7 Å². The van der Waals surface area contributed by atoms with E-state index in [9.17, 15) is 10.1 Å². The van der Waals surface area contributed by atoms with E-state index in [0.29, 0.717) is 12.2 Å². The van der Waals surface area contributed by atoms with Crippen LogP contribution < -0.4 is 9.64 Å². The summed E-state index contributed by atoms with van der Waals surface area (Å²) in [5.41, 5.74) is 3.29. The van der Waals surface area contributed by atoms with Gasteiger partial charge < -0.3 is 9.64 Å². The second kappa shape index (κ2) is 5.44. The van der Waals surface area contributed by atoms with Crippen molar-refractivity contribution in [3.63, 3.8) is 0 Å². The molecule has 3 rings (SSSR count). The van der Waals surface area contributed by atoms with Crippen molar-refractivity contribution >= 4 is 11.4 Å². The Balaban J connectivity index is 1.92. The predicted molar refractivity (Wildman–Crippen MR) is 80.8 cm³/mol. The summed E-state index contributed by atoms with van der Waals surface area (Å²) in [5.74, 6) is 0.855. The maximum Gasteiger partial charge on any atom is 0.292 e. The number of anilines is 1. The average Bonchev–Trinajstić information content (AvgIpc) is 2.53. The average molecular weight is 284 g/mol. The standard InChI is InChI=1S/C16H16N2O3/c1-21-14-7-6-13-11-17(9-8-12(13)10-14)15-4-2-3-5-16(15)18(19)20/h2-7,10H,8-9,11H2,1H3. The molecular weight excluding hydrogens is 268 g/mol. The van der Waals surface area contributed by atoms with Crippen molar-refractivity contribution in [2.24, 2.45) is 0 Å². The highest BCUT2D eigenvalue weighted by Gasteiger charge is 2.23. The Morgan fingerprint density at radius 2 is 2.00 bits per heavy atom. The Labute approximate surface area is 122 Å². The van der Waals surface area contributed by atoms with Crippen LogP contribution in [0.4, 0.5) is 11.4 Å². The fraction of sp³-hybridized carbons (Fsp3) is 0.250. The first kappa shape index (κ1) is 13.4. The summed E-state index contributed by atoms with van der Waals surface area (Å²) < 4.78 is 5.24. The van der Waals surface area contributed by atoms with Crippen LogP contribution in [0.15, 0.2) is 42.5 Å². The van der Waals surface area contributed by atoms with Crippen molar-refractivity contribution < 1.29 is 9.66 Å². The highest BCUT2D eigenvalue weighted by atomic mass is 16.6. The molecule has 0 aliphatic carbocycles. The van der Waals surface area contributed by atoms with Gasteiger partial charge in [-0.15, -0.1) is 0 Å². The topological polar surface area (TPSA) is 55.6 Å². The Bertz CT molecular complexity index is 685. The zero-order valence-electron chi connectivity index (χ0n) is 11.8. The normalized spacial score (nSPS) is 13.7. The van der Waals surface area contributed by atoms with Gasteiger partial charge in [-0.1, -0.05) is 18.2 Å². The molecule has 0 bridgehead atoms. The third-order valence-electron chi connectivity index (χ3n) is 3.84. The zero-order chi connectivity index (χ0) is 14.8. The van der Waals surface area contributed by atoms with Crippen molar-refractivity contribution in [1.82, 2.24) is 0 Å². The van der Waals surface area contributed by atoms with E-state index in [2.05, 4.69) is 4.90 Å². The van der Waals surface area contributed by atoms with Crippen LogP contribution in [-0.2, 0) is 13.0 Å². The molecule has 1 heterocycles. The molecule has 1 aliphatic heterocycles. The maximum atomic E-state index is 11.2. The Kier molecular flexibility index (Phi) is 3.48. The van der Waals surface area contributed by atoms with Gasteiger partial charge in [0.05, 0.1) is 12.0 Å². The maximum absolute atomic E-state index is 11.2. The van der Waals surface area contributed by atoms with E-state index in [4.69, 9.17) is 4.74 Å². The lowest BCUT2D eigenvalue weighted by Gasteiger charge is -2.30. The third-order valence-corrected chi connectivity index (χ3v) is 3.84. The van der Waals surface area contributed by atoms with Gasteiger partial charge in [0.25, 0.3) is 5.69 Å². The Morgan fingerprint density at radius 3 is 2.76 bits per heavy atom. The van der Waals surface area contributed by atoms with Crippen LogP contribution in [0.5, 0.6) is 5.75 Å². The van der Waals surface area contributed by atoms with Crippen LogP contribution >= 0.6 is 0 Å². The van der Waals surface area contributed by atoms with Gasteiger partial charge in [0, 0.05) is 19.2 Å². The summed E-state index contributed by atoms with van der Waals surface area (Å²) in [7, 11) is 1.66. The van der Waals surface area contributed by atoms with E-state index in [1.54, 1.807) is 19.2 Å². The Hall–Kier alpha value is -2.56. The fourth-order valence-electron chi connectivity index (χ4n) is 2.75. The van der Waals surface area contributed by atoms with Crippen molar-refractivity contribution in [2.45, 2.75) is 13.0 Å². The van der Waals surface area contributed by atoms with Gasteiger partial charge in [-0.05, 0) is 35.7 Å². The molecule has 2 aromatic rings. The van der Waals surface area contributed by atoms with Crippen LogP contribution in [0.3, 0.4) is 0 Å². The largest absolute Gasteiger partial charge is 0.497 e. The van der Waals surface area contributed by atoms with Gasteiger partial charge in [-0.2, -0.15) is 0 Å². The number of nitrogens with zero attached hydrogens (tertiary/aromatic N) is 2. The minimum Gasteiger partial charge on any atom is -0.497 e. The number of hydrogen-bond donors (Lipinski definition) is 0. The lowest BCUT2D eigenvalue weighted by molar-refractivity contribution is -0.384. The first-order chi connectivity index (χ1) is 10.2. The van der Waals surface area contributed by atoms with Crippen LogP contribution in [0, 0.1) is 10.1 Å². The van der Waals surface area contributed by atoms with E-state index < -0.39 is 0 Å². The number of nitro benzene ring substituents is 1. The van der Waals surface area contributed by atoms with Crippen LogP contribution in [-0.4, -0.2) is 18.6 Å². The molecule has 5 heteroatoms. The molecule has 0 atom stereocenters. The van der Waals surface area contributed by atoms with Crippen molar-refractivity contribution in [1.29, 1.82) is 0 Å². The minimum atomic E-state index is -0.321. The molecule has 0 saturated heterocycles. The monoisotopic (exact) mass is 284 g/mol. The van der Waals surface area contributed by atoms with Gasteiger partial charge in [-0.25, -0.2) is 0 Å². The molecule has 0 unspecified atom stereocenters. The SMILES string of the molecule is COc1ccc2c(c1)CCN(c1ccccc1[N+](=O)[O-])C2. The van der Waals surface area contributed by atoms with Crippen LogP contribution in [0.2, 0.25) is 0 Å². The second-order valence-corrected chi connectivity index (χ2v) is 5.05. The number of methoxy groups -OCH3 is 1. The summed E-state index contributed by atoms with van der Waals surface area (Å²) in [6, 6.07) is 12.9. The molecule has 0 aromatic heterocycles. The van der Waals surface area contributed by atoms with Gasteiger partial charge >= 0.3 is 0 Å². The number of benzene rings is 2. The van der Waals surface area contributed by atoms with Gasteiger partial charge in [0.2, 0.25) is 0 Å².